The Kier molecular flexibility index (Phi) is 6.75. The highest BCUT2D eigenvalue weighted by Crippen LogP contribution is 2.27. The summed E-state index contributed by atoms with van der Waals surface area (Å²) in [6.07, 6.45) is 1.35. The molecule has 1 fully saturated rings. The van der Waals surface area contributed by atoms with Gasteiger partial charge in [0.25, 0.3) is 5.91 Å². The summed E-state index contributed by atoms with van der Waals surface area (Å²) in [4.78, 5) is 27.2. The van der Waals surface area contributed by atoms with Gasteiger partial charge >= 0.3 is 0 Å². The largest absolute Gasteiger partial charge is 0.493 e. The SMILES string of the molecule is COc1ccc(CNC(=O)C2CCN(C(=O)c3ccccc3C)CC2)cc1OC. The molecule has 0 saturated carbocycles. The minimum Gasteiger partial charge on any atom is -0.493 e. The number of aryl methyl sites for hydroxylation is 1. The first kappa shape index (κ1) is 20.7. The quantitative estimate of drug-likeness (QED) is 0.814. The molecule has 1 N–H and O–H groups in total. The number of nitrogens with one attached hydrogen (secondary N) is 1. The fraction of sp³-hybridized carbons (Fsp3) is 0.391. The van der Waals surface area contributed by atoms with Crippen LogP contribution in [0.25, 0.3) is 0 Å². The fourth-order valence-corrected chi connectivity index (χ4v) is 3.65. The summed E-state index contributed by atoms with van der Waals surface area (Å²) in [6, 6.07) is 13.2. The molecular weight excluding hydrogens is 368 g/mol. The molecule has 0 aromatic heterocycles. The first-order valence-electron chi connectivity index (χ1n) is 9.87. The molecule has 2 aromatic rings. The summed E-state index contributed by atoms with van der Waals surface area (Å²) in [5.74, 6) is 1.31. The van der Waals surface area contributed by atoms with Crippen LogP contribution in [-0.2, 0) is 11.3 Å². The number of carbonyl (C=O) groups is 2. The van der Waals surface area contributed by atoms with Gasteiger partial charge in [0.05, 0.1) is 14.2 Å². The van der Waals surface area contributed by atoms with Crippen molar-refractivity contribution < 1.29 is 19.1 Å². The summed E-state index contributed by atoms with van der Waals surface area (Å²) in [7, 11) is 3.18. The molecule has 0 aliphatic carbocycles. The van der Waals surface area contributed by atoms with E-state index in [1.165, 1.54) is 0 Å². The van der Waals surface area contributed by atoms with E-state index in [2.05, 4.69) is 5.32 Å². The van der Waals surface area contributed by atoms with E-state index in [-0.39, 0.29) is 17.7 Å². The molecule has 2 amide bonds. The second-order valence-electron chi connectivity index (χ2n) is 7.29. The number of hydrogen-bond acceptors (Lipinski definition) is 4. The Morgan fingerprint density at radius 1 is 1.03 bits per heavy atom. The van der Waals surface area contributed by atoms with E-state index in [0.717, 1.165) is 16.7 Å². The highest BCUT2D eigenvalue weighted by molar-refractivity contribution is 5.95. The Balaban J connectivity index is 1.51. The van der Waals surface area contributed by atoms with Crippen LogP contribution in [0.1, 0.15) is 34.3 Å². The van der Waals surface area contributed by atoms with Gasteiger partial charge in [0.1, 0.15) is 0 Å². The highest BCUT2D eigenvalue weighted by Gasteiger charge is 2.28. The predicted octanol–water partition coefficient (Wildman–Crippen LogP) is 3.18. The first-order valence-corrected chi connectivity index (χ1v) is 9.87. The van der Waals surface area contributed by atoms with E-state index in [1.54, 1.807) is 14.2 Å². The Hall–Kier alpha value is -3.02. The van der Waals surface area contributed by atoms with Crippen LogP contribution in [0.15, 0.2) is 42.5 Å². The van der Waals surface area contributed by atoms with Crippen LogP contribution in [0.4, 0.5) is 0 Å². The normalized spacial score (nSPS) is 14.4. The van der Waals surface area contributed by atoms with Gasteiger partial charge in [0.2, 0.25) is 5.91 Å². The number of likely N-dealkylation sites (tertiary alicyclic amines) is 1. The van der Waals surface area contributed by atoms with Crippen molar-refractivity contribution in [2.45, 2.75) is 26.3 Å². The van der Waals surface area contributed by atoms with Gasteiger partial charge in [-0.3, -0.25) is 9.59 Å². The lowest BCUT2D eigenvalue weighted by Gasteiger charge is -2.31. The number of amides is 2. The maximum absolute atomic E-state index is 12.7. The highest BCUT2D eigenvalue weighted by atomic mass is 16.5. The van der Waals surface area contributed by atoms with Gasteiger partial charge < -0.3 is 19.7 Å². The van der Waals surface area contributed by atoms with Crippen LogP contribution >= 0.6 is 0 Å². The van der Waals surface area contributed by atoms with Crippen molar-refractivity contribution in [3.05, 3.63) is 59.2 Å². The van der Waals surface area contributed by atoms with E-state index >= 15 is 0 Å². The molecule has 154 valence electrons. The summed E-state index contributed by atoms with van der Waals surface area (Å²) in [6.45, 7) is 3.58. The average Bonchev–Trinajstić information content (AvgIpc) is 2.77. The van der Waals surface area contributed by atoms with Crippen LogP contribution in [0, 0.1) is 12.8 Å². The number of carbonyl (C=O) groups excluding carboxylic acids is 2. The second kappa shape index (κ2) is 9.45. The molecule has 0 spiro atoms. The summed E-state index contributed by atoms with van der Waals surface area (Å²) in [5.41, 5.74) is 2.67. The Bertz CT molecular complexity index is 873. The van der Waals surface area contributed by atoms with Crippen LogP contribution in [0.2, 0.25) is 0 Å². The van der Waals surface area contributed by atoms with Gasteiger partial charge in [-0.15, -0.1) is 0 Å². The molecular formula is C23H28N2O4. The monoisotopic (exact) mass is 396 g/mol. The minimum atomic E-state index is -0.0731. The standard InChI is InChI=1S/C23H28N2O4/c1-16-6-4-5-7-19(16)23(27)25-12-10-18(11-13-25)22(26)24-15-17-8-9-20(28-2)21(14-17)29-3/h4-9,14,18H,10-13,15H2,1-3H3,(H,24,26). The van der Waals surface area contributed by atoms with E-state index < -0.39 is 0 Å². The van der Waals surface area contributed by atoms with Gasteiger partial charge in [-0.05, 0) is 49.1 Å². The number of ether oxygens (including phenoxy) is 2. The Labute approximate surface area is 171 Å². The van der Waals surface area contributed by atoms with Crippen LogP contribution in [-0.4, -0.2) is 44.0 Å². The number of nitrogens with zero attached hydrogens (tertiary/aromatic N) is 1. The number of benzene rings is 2. The second-order valence-corrected chi connectivity index (χ2v) is 7.29. The van der Waals surface area contributed by atoms with E-state index in [1.807, 2.05) is 54.3 Å². The third-order valence-corrected chi connectivity index (χ3v) is 5.44. The fourth-order valence-electron chi connectivity index (χ4n) is 3.65. The third-order valence-electron chi connectivity index (χ3n) is 5.44. The zero-order valence-electron chi connectivity index (χ0n) is 17.2. The molecule has 6 heteroatoms. The molecule has 29 heavy (non-hydrogen) atoms. The number of piperidine rings is 1. The van der Waals surface area contributed by atoms with Gasteiger partial charge in [0, 0.05) is 31.1 Å². The van der Waals surface area contributed by atoms with Crippen molar-refractivity contribution in [2.75, 3.05) is 27.3 Å². The van der Waals surface area contributed by atoms with Crippen molar-refractivity contribution in [3.8, 4) is 11.5 Å². The van der Waals surface area contributed by atoms with Crippen LogP contribution in [0.5, 0.6) is 11.5 Å². The van der Waals surface area contributed by atoms with E-state index in [4.69, 9.17) is 9.47 Å². The molecule has 1 aliphatic rings. The molecule has 1 saturated heterocycles. The van der Waals surface area contributed by atoms with Crippen molar-refractivity contribution in [2.24, 2.45) is 5.92 Å². The Morgan fingerprint density at radius 3 is 2.38 bits per heavy atom. The van der Waals surface area contributed by atoms with Gasteiger partial charge in [-0.2, -0.15) is 0 Å². The average molecular weight is 396 g/mol. The molecule has 2 aromatic carbocycles. The van der Waals surface area contributed by atoms with Gasteiger partial charge in [-0.1, -0.05) is 24.3 Å². The van der Waals surface area contributed by atoms with Crippen LogP contribution < -0.4 is 14.8 Å². The van der Waals surface area contributed by atoms with Crippen molar-refractivity contribution in [1.29, 1.82) is 0 Å². The lowest BCUT2D eigenvalue weighted by molar-refractivity contribution is -0.126. The predicted molar refractivity (Wildman–Crippen MR) is 111 cm³/mol. The van der Waals surface area contributed by atoms with Crippen molar-refractivity contribution >= 4 is 11.8 Å². The molecule has 1 heterocycles. The first-order chi connectivity index (χ1) is 14.0. The number of hydrogen-bond donors (Lipinski definition) is 1. The zero-order valence-corrected chi connectivity index (χ0v) is 17.2. The van der Waals surface area contributed by atoms with E-state index in [9.17, 15) is 9.59 Å². The molecule has 3 rings (SSSR count). The summed E-state index contributed by atoms with van der Waals surface area (Å²) in [5, 5.41) is 3.00. The number of methoxy groups -OCH3 is 2. The smallest absolute Gasteiger partial charge is 0.254 e. The van der Waals surface area contributed by atoms with Crippen molar-refractivity contribution in [3.63, 3.8) is 0 Å². The summed E-state index contributed by atoms with van der Waals surface area (Å²) < 4.78 is 10.5. The number of rotatable bonds is 6. The maximum atomic E-state index is 12.7. The maximum Gasteiger partial charge on any atom is 0.254 e. The lowest BCUT2D eigenvalue weighted by Crippen LogP contribution is -2.43. The molecule has 0 bridgehead atoms. The zero-order chi connectivity index (χ0) is 20.8. The molecule has 0 atom stereocenters. The molecule has 6 nitrogen and oxygen atoms in total. The lowest BCUT2D eigenvalue weighted by atomic mass is 9.95. The Morgan fingerprint density at radius 2 is 1.72 bits per heavy atom. The molecule has 0 radical (unpaired) electrons. The minimum absolute atomic E-state index is 0.0303. The summed E-state index contributed by atoms with van der Waals surface area (Å²) >= 11 is 0. The third kappa shape index (κ3) is 4.88. The molecule has 0 unspecified atom stereocenters. The van der Waals surface area contributed by atoms with E-state index in [0.29, 0.717) is 44.0 Å². The van der Waals surface area contributed by atoms with Gasteiger partial charge in [-0.25, -0.2) is 0 Å². The molecule has 1 aliphatic heterocycles. The topological polar surface area (TPSA) is 67.9 Å². The van der Waals surface area contributed by atoms with Crippen molar-refractivity contribution in [1.82, 2.24) is 10.2 Å². The van der Waals surface area contributed by atoms with Gasteiger partial charge in [0.15, 0.2) is 11.5 Å². The van der Waals surface area contributed by atoms with Crippen LogP contribution in [0.3, 0.4) is 0 Å².